The molecular weight excluding hydrogens is 276 g/mol. The van der Waals surface area contributed by atoms with Gasteiger partial charge in [0.15, 0.2) is 11.6 Å². The SMILES string of the molecule is CCC1CCC(NC2=C3C(=O)C=CC(N)=C3C(=O)C=C2)CC1. The van der Waals surface area contributed by atoms with Crippen molar-refractivity contribution in [3.8, 4) is 0 Å². The number of carbonyl (C=O) groups excluding carboxylic acids is 2. The van der Waals surface area contributed by atoms with Crippen molar-refractivity contribution in [2.24, 2.45) is 11.7 Å². The van der Waals surface area contributed by atoms with Gasteiger partial charge in [-0.2, -0.15) is 0 Å². The van der Waals surface area contributed by atoms with Gasteiger partial charge in [0.2, 0.25) is 0 Å². The average molecular weight is 298 g/mol. The molecule has 1 fully saturated rings. The van der Waals surface area contributed by atoms with Crippen LogP contribution in [0.5, 0.6) is 0 Å². The highest BCUT2D eigenvalue weighted by Gasteiger charge is 2.30. The predicted molar refractivity (Wildman–Crippen MR) is 85.7 cm³/mol. The topological polar surface area (TPSA) is 72.2 Å². The number of carbonyl (C=O) groups is 2. The molecule has 0 aromatic carbocycles. The number of nitrogens with one attached hydrogen (secondary N) is 1. The van der Waals surface area contributed by atoms with E-state index in [1.165, 1.54) is 37.5 Å². The number of fused-ring (bicyclic) bond motifs is 1. The fourth-order valence-corrected chi connectivity index (χ4v) is 3.51. The Morgan fingerprint density at radius 1 is 1.00 bits per heavy atom. The Labute approximate surface area is 130 Å². The average Bonchev–Trinajstić information content (AvgIpc) is 2.53. The lowest BCUT2D eigenvalue weighted by molar-refractivity contribution is -0.114. The molecule has 0 aliphatic heterocycles. The van der Waals surface area contributed by atoms with Gasteiger partial charge in [-0.1, -0.05) is 13.3 Å². The fourth-order valence-electron chi connectivity index (χ4n) is 3.51. The molecule has 3 N–H and O–H groups in total. The van der Waals surface area contributed by atoms with Crippen LogP contribution in [-0.4, -0.2) is 17.6 Å². The van der Waals surface area contributed by atoms with Crippen LogP contribution in [0.3, 0.4) is 0 Å². The summed E-state index contributed by atoms with van der Waals surface area (Å²) in [5.74, 6) is 0.488. The third-order valence-corrected chi connectivity index (χ3v) is 4.90. The van der Waals surface area contributed by atoms with Crippen LogP contribution in [-0.2, 0) is 9.59 Å². The van der Waals surface area contributed by atoms with E-state index in [9.17, 15) is 9.59 Å². The van der Waals surface area contributed by atoms with Crippen LogP contribution in [0.15, 0.2) is 46.8 Å². The van der Waals surface area contributed by atoms with Gasteiger partial charge in [-0.15, -0.1) is 0 Å². The minimum Gasteiger partial charge on any atom is -0.398 e. The molecule has 1 saturated carbocycles. The Kier molecular flexibility index (Phi) is 4.01. The van der Waals surface area contributed by atoms with E-state index < -0.39 is 0 Å². The molecule has 0 unspecified atom stereocenters. The number of ketones is 2. The van der Waals surface area contributed by atoms with Crippen molar-refractivity contribution >= 4 is 11.6 Å². The Bertz CT molecular complexity index is 629. The molecule has 0 aromatic rings. The predicted octanol–water partition coefficient (Wildman–Crippen LogP) is 2.29. The van der Waals surface area contributed by atoms with Crippen LogP contribution in [0.25, 0.3) is 0 Å². The zero-order valence-corrected chi connectivity index (χ0v) is 12.9. The molecule has 3 aliphatic rings. The molecule has 4 nitrogen and oxygen atoms in total. The van der Waals surface area contributed by atoms with Crippen molar-refractivity contribution < 1.29 is 9.59 Å². The van der Waals surface area contributed by atoms with Gasteiger partial charge >= 0.3 is 0 Å². The highest BCUT2D eigenvalue weighted by Crippen LogP contribution is 2.31. The lowest BCUT2D eigenvalue weighted by Crippen LogP contribution is -2.35. The van der Waals surface area contributed by atoms with Crippen LogP contribution in [0, 0.1) is 5.92 Å². The minimum absolute atomic E-state index is 0.147. The van der Waals surface area contributed by atoms with Crippen LogP contribution >= 0.6 is 0 Å². The van der Waals surface area contributed by atoms with Crippen molar-refractivity contribution in [3.63, 3.8) is 0 Å². The molecule has 0 amide bonds. The minimum atomic E-state index is -0.189. The van der Waals surface area contributed by atoms with E-state index in [1.807, 2.05) is 0 Å². The summed E-state index contributed by atoms with van der Waals surface area (Å²) in [6.45, 7) is 2.24. The maximum absolute atomic E-state index is 12.2. The van der Waals surface area contributed by atoms with Gasteiger partial charge in [0, 0.05) is 17.4 Å². The second-order valence-electron chi connectivity index (χ2n) is 6.28. The molecular formula is C18H22N2O2. The Morgan fingerprint density at radius 2 is 1.64 bits per heavy atom. The standard InChI is InChI=1S/C18H22N2O2/c1-2-11-3-5-12(6-4-11)20-14-8-10-15(21)17-13(19)7-9-16(22)18(14)17/h7-12,20H,2-6,19H2,1H3. The molecule has 0 aromatic heterocycles. The third-order valence-electron chi connectivity index (χ3n) is 4.90. The van der Waals surface area contributed by atoms with E-state index in [0.717, 1.165) is 24.5 Å². The van der Waals surface area contributed by atoms with Gasteiger partial charge in [-0.05, 0) is 55.9 Å². The molecule has 0 spiro atoms. The normalized spacial score (nSPS) is 28.2. The summed E-state index contributed by atoms with van der Waals surface area (Å²) in [5, 5.41) is 3.47. The van der Waals surface area contributed by atoms with E-state index in [4.69, 9.17) is 5.73 Å². The second kappa shape index (κ2) is 5.95. The Balaban J connectivity index is 1.84. The number of rotatable bonds is 3. The summed E-state index contributed by atoms with van der Waals surface area (Å²) in [6, 6.07) is 0.365. The molecule has 0 atom stereocenters. The lowest BCUT2D eigenvalue weighted by Gasteiger charge is -2.31. The second-order valence-corrected chi connectivity index (χ2v) is 6.28. The summed E-state index contributed by atoms with van der Waals surface area (Å²) >= 11 is 0. The van der Waals surface area contributed by atoms with Crippen molar-refractivity contribution in [1.29, 1.82) is 0 Å². The molecule has 0 saturated heterocycles. The summed E-state index contributed by atoms with van der Waals surface area (Å²) in [6.07, 6.45) is 12.1. The van der Waals surface area contributed by atoms with E-state index in [0.29, 0.717) is 22.9 Å². The number of hydrogen-bond donors (Lipinski definition) is 2. The number of hydrogen-bond acceptors (Lipinski definition) is 4. The Morgan fingerprint density at radius 3 is 2.32 bits per heavy atom. The molecule has 22 heavy (non-hydrogen) atoms. The number of nitrogens with two attached hydrogens (primary N) is 1. The third kappa shape index (κ3) is 2.65. The molecule has 4 heteroatoms. The van der Waals surface area contributed by atoms with Gasteiger partial charge in [0.1, 0.15) is 0 Å². The van der Waals surface area contributed by atoms with Gasteiger partial charge in [-0.25, -0.2) is 0 Å². The fraction of sp³-hybridized carbons (Fsp3) is 0.444. The van der Waals surface area contributed by atoms with E-state index >= 15 is 0 Å². The van der Waals surface area contributed by atoms with Gasteiger partial charge in [0.25, 0.3) is 0 Å². The molecule has 3 rings (SSSR count). The summed E-state index contributed by atoms with van der Waals surface area (Å²) in [7, 11) is 0. The van der Waals surface area contributed by atoms with Gasteiger partial charge in [0.05, 0.1) is 11.1 Å². The molecule has 3 aliphatic carbocycles. The van der Waals surface area contributed by atoms with Crippen molar-refractivity contribution in [1.82, 2.24) is 5.32 Å². The maximum Gasteiger partial charge on any atom is 0.188 e. The molecule has 116 valence electrons. The molecule has 0 radical (unpaired) electrons. The highest BCUT2D eigenvalue weighted by molar-refractivity contribution is 6.23. The van der Waals surface area contributed by atoms with Gasteiger partial charge < -0.3 is 11.1 Å². The zero-order chi connectivity index (χ0) is 15.7. The van der Waals surface area contributed by atoms with E-state index in [1.54, 1.807) is 6.08 Å². The largest absolute Gasteiger partial charge is 0.398 e. The maximum atomic E-state index is 12.2. The molecule has 0 bridgehead atoms. The summed E-state index contributed by atoms with van der Waals surface area (Å²) in [4.78, 5) is 24.2. The van der Waals surface area contributed by atoms with E-state index in [-0.39, 0.29) is 11.6 Å². The quantitative estimate of drug-likeness (QED) is 0.838. The van der Waals surface area contributed by atoms with Crippen LogP contribution < -0.4 is 11.1 Å². The Hall–Kier alpha value is -2.10. The molecule has 0 heterocycles. The first-order valence-corrected chi connectivity index (χ1v) is 8.06. The van der Waals surface area contributed by atoms with Crippen molar-refractivity contribution in [2.75, 3.05) is 0 Å². The van der Waals surface area contributed by atoms with Crippen molar-refractivity contribution in [3.05, 3.63) is 46.8 Å². The lowest BCUT2D eigenvalue weighted by atomic mass is 9.83. The first kappa shape index (κ1) is 14.8. The first-order chi connectivity index (χ1) is 10.6. The van der Waals surface area contributed by atoms with Crippen LogP contribution in [0.1, 0.15) is 39.0 Å². The zero-order valence-electron chi connectivity index (χ0n) is 12.9. The van der Waals surface area contributed by atoms with Gasteiger partial charge in [-0.3, -0.25) is 9.59 Å². The van der Waals surface area contributed by atoms with Crippen molar-refractivity contribution in [2.45, 2.75) is 45.1 Å². The summed E-state index contributed by atoms with van der Waals surface area (Å²) < 4.78 is 0. The first-order valence-electron chi connectivity index (χ1n) is 8.06. The summed E-state index contributed by atoms with van der Waals surface area (Å²) in [5.41, 5.74) is 7.80. The van der Waals surface area contributed by atoms with Crippen LogP contribution in [0.2, 0.25) is 0 Å². The monoisotopic (exact) mass is 298 g/mol. The van der Waals surface area contributed by atoms with E-state index in [2.05, 4.69) is 12.2 Å². The highest BCUT2D eigenvalue weighted by atomic mass is 16.1. The van der Waals surface area contributed by atoms with Crippen LogP contribution in [0.4, 0.5) is 0 Å². The number of allylic oxidation sites excluding steroid dienone is 6. The smallest absolute Gasteiger partial charge is 0.188 e.